The molecule has 0 N–H and O–H groups in total. The van der Waals surface area contributed by atoms with Crippen molar-refractivity contribution in [1.29, 1.82) is 0 Å². The minimum absolute atomic E-state index is 0.0774. The largest absolute Gasteiger partial charge is 0.469 e. The summed E-state index contributed by atoms with van der Waals surface area (Å²) in [6.07, 6.45) is 20.3. The summed E-state index contributed by atoms with van der Waals surface area (Å²) in [5, 5.41) is 0. The summed E-state index contributed by atoms with van der Waals surface area (Å²) >= 11 is 0. The summed E-state index contributed by atoms with van der Waals surface area (Å²) in [5.41, 5.74) is 3.44. The summed E-state index contributed by atoms with van der Waals surface area (Å²) in [6.45, 7) is 2.27. The molecular formula is C20H34O2. The monoisotopic (exact) mass is 306 g/mol. The van der Waals surface area contributed by atoms with Crippen molar-refractivity contribution in [3.63, 3.8) is 0 Å². The zero-order valence-corrected chi connectivity index (χ0v) is 14.7. The van der Waals surface area contributed by atoms with Crippen LogP contribution in [0.5, 0.6) is 0 Å². The van der Waals surface area contributed by atoms with E-state index < -0.39 is 0 Å². The number of methoxy groups -OCH3 is 1. The van der Waals surface area contributed by atoms with Gasteiger partial charge >= 0.3 is 5.97 Å². The molecule has 0 unspecified atom stereocenters. The third-order valence-corrected chi connectivity index (χ3v) is 4.39. The normalized spacial score (nSPS) is 13.9. The first-order valence-corrected chi connectivity index (χ1v) is 9.19. The first kappa shape index (κ1) is 19.0. The van der Waals surface area contributed by atoms with Crippen molar-refractivity contribution in [2.45, 2.75) is 90.4 Å². The molecule has 0 atom stereocenters. The second kappa shape index (κ2) is 12.5. The molecule has 1 rings (SSSR count). The molecule has 0 bridgehead atoms. The van der Waals surface area contributed by atoms with Gasteiger partial charge in [0, 0.05) is 6.42 Å². The first-order chi connectivity index (χ1) is 10.8. The number of rotatable bonds is 14. The fourth-order valence-electron chi connectivity index (χ4n) is 2.79. The predicted molar refractivity (Wildman–Crippen MR) is 93.9 cm³/mol. The highest BCUT2D eigenvalue weighted by Gasteiger charge is 2.18. The molecule has 2 heteroatoms. The van der Waals surface area contributed by atoms with Gasteiger partial charge in [0.05, 0.1) is 7.11 Å². The number of carbonyl (C=O) groups excluding carboxylic acids is 1. The van der Waals surface area contributed by atoms with E-state index in [1.165, 1.54) is 71.3 Å². The van der Waals surface area contributed by atoms with Crippen molar-refractivity contribution >= 4 is 5.97 Å². The molecule has 0 fully saturated rings. The van der Waals surface area contributed by atoms with Gasteiger partial charge in [-0.1, -0.05) is 62.3 Å². The Morgan fingerprint density at radius 3 is 2.55 bits per heavy atom. The van der Waals surface area contributed by atoms with Crippen molar-refractivity contribution in [3.8, 4) is 0 Å². The fourth-order valence-corrected chi connectivity index (χ4v) is 2.79. The van der Waals surface area contributed by atoms with Gasteiger partial charge in [-0.25, -0.2) is 0 Å². The average molecular weight is 306 g/mol. The van der Waals surface area contributed by atoms with Crippen LogP contribution < -0.4 is 0 Å². The van der Waals surface area contributed by atoms with E-state index in [4.69, 9.17) is 0 Å². The Hall–Kier alpha value is -1.05. The first-order valence-electron chi connectivity index (χ1n) is 9.19. The van der Waals surface area contributed by atoms with Crippen LogP contribution in [0.4, 0.5) is 0 Å². The van der Waals surface area contributed by atoms with Crippen molar-refractivity contribution < 1.29 is 9.53 Å². The molecule has 0 aromatic carbocycles. The minimum atomic E-state index is -0.0774. The molecular weight excluding hydrogens is 272 g/mol. The lowest BCUT2D eigenvalue weighted by Gasteiger charge is -1.99. The van der Waals surface area contributed by atoms with Crippen molar-refractivity contribution in [3.05, 3.63) is 23.3 Å². The third kappa shape index (κ3) is 9.81. The van der Waals surface area contributed by atoms with Crippen LogP contribution >= 0.6 is 0 Å². The number of hydrogen-bond donors (Lipinski definition) is 0. The molecule has 0 aromatic rings. The molecule has 0 spiro atoms. The Kier molecular flexibility index (Phi) is 10.8. The minimum Gasteiger partial charge on any atom is -0.469 e. The highest BCUT2D eigenvalue weighted by Crippen LogP contribution is 2.37. The van der Waals surface area contributed by atoms with Gasteiger partial charge in [0.1, 0.15) is 0 Å². The molecule has 0 aromatic heterocycles. The highest BCUT2D eigenvalue weighted by atomic mass is 16.5. The van der Waals surface area contributed by atoms with Gasteiger partial charge in [-0.2, -0.15) is 0 Å². The standard InChI is InChI=1S/C20H34O2/c1-3-4-11-14-18-17-19(18)15-12-9-7-5-6-8-10-13-16-20(21)22-2/h9,12H,3-8,10-11,13-17H2,1-2H3/b12-9-. The van der Waals surface area contributed by atoms with Crippen LogP contribution in [0, 0.1) is 0 Å². The lowest BCUT2D eigenvalue weighted by Crippen LogP contribution is -1.98. The van der Waals surface area contributed by atoms with Crippen LogP contribution in [-0.4, -0.2) is 13.1 Å². The summed E-state index contributed by atoms with van der Waals surface area (Å²) < 4.78 is 4.63. The van der Waals surface area contributed by atoms with E-state index in [1.54, 1.807) is 11.1 Å². The highest BCUT2D eigenvalue weighted by molar-refractivity contribution is 5.68. The smallest absolute Gasteiger partial charge is 0.305 e. The quantitative estimate of drug-likeness (QED) is 0.220. The fraction of sp³-hybridized carbons (Fsp3) is 0.750. The van der Waals surface area contributed by atoms with Crippen molar-refractivity contribution in [2.24, 2.45) is 0 Å². The summed E-state index contributed by atoms with van der Waals surface area (Å²) in [6, 6.07) is 0. The number of hydrogen-bond acceptors (Lipinski definition) is 2. The van der Waals surface area contributed by atoms with Crippen LogP contribution in [0.15, 0.2) is 23.3 Å². The number of carbonyl (C=O) groups is 1. The number of allylic oxidation sites excluding steroid dienone is 4. The Morgan fingerprint density at radius 1 is 1.00 bits per heavy atom. The Labute approximate surface area is 137 Å². The SMILES string of the molecule is CCCCCC1=C(C/C=C\CCCCCCCC(=O)OC)C1. The van der Waals surface area contributed by atoms with E-state index >= 15 is 0 Å². The van der Waals surface area contributed by atoms with E-state index in [0.29, 0.717) is 6.42 Å². The second-order valence-electron chi connectivity index (χ2n) is 6.40. The van der Waals surface area contributed by atoms with E-state index in [9.17, 15) is 4.79 Å². The van der Waals surface area contributed by atoms with Crippen molar-refractivity contribution in [1.82, 2.24) is 0 Å². The maximum absolute atomic E-state index is 10.9. The molecule has 1 aliphatic rings. The maximum atomic E-state index is 10.9. The lowest BCUT2D eigenvalue weighted by atomic mass is 10.1. The molecule has 22 heavy (non-hydrogen) atoms. The second-order valence-corrected chi connectivity index (χ2v) is 6.40. The van der Waals surface area contributed by atoms with E-state index in [-0.39, 0.29) is 5.97 Å². The Balaban J connectivity index is 1.86. The van der Waals surface area contributed by atoms with E-state index in [1.807, 2.05) is 0 Å². The van der Waals surface area contributed by atoms with Gasteiger partial charge in [-0.15, -0.1) is 0 Å². The average Bonchev–Trinajstić information content (AvgIpc) is 3.27. The molecule has 0 aliphatic heterocycles. The predicted octanol–water partition coefficient (Wildman–Crippen LogP) is 6.12. The molecule has 0 saturated carbocycles. The van der Waals surface area contributed by atoms with E-state index in [2.05, 4.69) is 23.8 Å². The van der Waals surface area contributed by atoms with Crippen LogP contribution in [-0.2, 0) is 9.53 Å². The molecule has 0 heterocycles. The third-order valence-electron chi connectivity index (χ3n) is 4.39. The summed E-state index contributed by atoms with van der Waals surface area (Å²) in [4.78, 5) is 10.9. The van der Waals surface area contributed by atoms with Gasteiger partial charge < -0.3 is 4.74 Å². The Morgan fingerprint density at radius 2 is 1.77 bits per heavy atom. The summed E-state index contributed by atoms with van der Waals surface area (Å²) in [5.74, 6) is -0.0774. The maximum Gasteiger partial charge on any atom is 0.305 e. The number of ether oxygens (including phenoxy) is 1. The molecule has 0 radical (unpaired) electrons. The molecule has 126 valence electrons. The lowest BCUT2D eigenvalue weighted by molar-refractivity contribution is -0.140. The van der Waals surface area contributed by atoms with Crippen molar-refractivity contribution in [2.75, 3.05) is 7.11 Å². The van der Waals surface area contributed by atoms with Gasteiger partial charge in [-0.3, -0.25) is 4.79 Å². The summed E-state index contributed by atoms with van der Waals surface area (Å²) in [7, 11) is 1.46. The van der Waals surface area contributed by atoms with Gasteiger partial charge in [0.15, 0.2) is 0 Å². The van der Waals surface area contributed by atoms with Crippen LogP contribution in [0.3, 0.4) is 0 Å². The topological polar surface area (TPSA) is 26.3 Å². The zero-order chi connectivity index (χ0) is 16.0. The van der Waals surface area contributed by atoms with E-state index in [0.717, 1.165) is 12.8 Å². The van der Waals surface area contributed by atoms with Gasteiger partial charge in [-0.05, 0) is 44.9 Å². The molecule has 2 nitrogen and oxygen atoms in total. The van der Waals surface area contributed by atoms with Gasteiger partial charge in [0.25, 0.3) is 0 Å². The van der Waals surface area contributed by atoms with Crippen LogP contribution in [0.1, 0.15) is 90.4 Å². The number of esters is 1. The van der Waals surface area contributed by atoms with Gasteiger partial charge in [0.2, 0.25) is 0 Å². The molecule has 1 aliphatic carbocycles. The molecule has 0 amide bonds. The Bertz CT molecular complexity index is 366. The zero-order valence-electron chi connectivity index (χ0n) is 14.7. The molecule has 0 saturated heterocycles. The van der Waals surface area contributed by atoms with Crippen LogP contribution in [0.2, 0.25) is 0 Å². The van der Waals surface area contributed by atoms with Crippen LogP contribution in [0.25, 0.3) is 0 Å². The number of unbranched alkanes of at least 4 members (excludes halogenated alkanes) is 7.